The van der Waals surface area contributed by atoms with Gasteiger partial charge in [-0.25, -0.2) is 4.98 Å². The Morgan fingerprint density at radius 3 is 2.76 bits per heavy atom. The van der Waals surface area contributed by atoms with Crippen molar-refractivity contribution in [1.29, 1.82) is 0 Å². The van der Waals surface area contributed by atoms with E-state index in [2.05, 4.69) is 29.0 Å². The smallest absolute Gasteiger partial charge is 0.198 e. The van der Waals surface area contributed by atoms with Crippen molar-refractivity contribution in [1.82, 2.24) is 9.97 Å². The summed E-state index contributed by atoms with van der Waals surface area (Å²) in [6.07, 6.45) is 1.74. The number of nitrogens with one attached hydrogen (secondary N) is 1. The summed E-state index contributed by atoms with van der Waals surface area (Å²) < 4.78 is 0. The van der Waals surface area contributed by atoms with Crippen LogP contribution in [-0.4, -0.2) is 16.5 Å². The first-order valence-electron chi connectivity index (χ1n) is 5.89. The molecule has 0 radical (unpaired) electrons. The Balaban J connectivity index is 2.51. The van der Waals surface area contributed by atoms with Gasteiger partial charge in [0.1, 0.15) is 0 Å². The first-order chi connectivity index (χ1) is 8.26. The molecule has 1 heterocycles. The molecule has 4 nitrogen and oxygen atoms in total. The maximum Gasteiger partial charge on any atom is 0.198 e. The summed E-state index contributed by atoms with van der Waals surface area (Å²) in [6.45, 7) is 2.72. The molecule has 1 aromatic carbocycles. The molecule has 2 aromatic rings. The predicted octanol–water partition coefficient (Wildman–Crippen LogP) is 1.72. The molecular weight excluding hydrogens is 212 g/mol. The lowest BCUT2D eigenvalue weighted by Gasteiger charge is -2.07. The zero-order valence-electron chi connectivity index (χ0n) is 10.0. The van der Waals surface area contributed by atoms with E-state index < -0.39 is 0 Å². The molecule has 90 valence electrons. The SMILES string of the molecule is CCc1[nH]c(N)nc1-c1ccccc1CCN. The highest BCUT2D eigenvalue weighted by molar-refractivity contribution is 5.67. The van der Waals surface area contributed by atoms with Gasteiger partial charge < -0.3 is 16.5 Å². The zero-order chi connectivity index (χ0) is 12.3. The van der Waals surface area contributed by atoms with Crippen LogP contribution in [0.2, 0.25) is 0 Å². The summed E-state index contributed by atoms with van der Waals surface area (Å²) in [4.78, 5) is 7.47. The molecule has 0 unspecified atom stereocenters. The second kappa shape index (κ2) is 5.01. The number of aryl methyl sites for hydroxylation is 1. The van der Waals surface area contributed by atoms with Gasteiger partial charge in [0, 0.05) is 11.3 Å². The number of imidazole rings is 1. The number of anilines is 1. The van der Waals surface area contributed by atoms with Crippen LogP contribution in [0.1, 0.15) is 18.2 Å². The van der Waals surface area contributed by atoms with E-state index >= 15 is 0 Å². The molecule has 0 aliphatic rings. The Kier molecular flexibility index (Phi) is 3.44. The van der Waals surface area contributed by atoms with Crippen LogP contribution in [0.25, 0.3) is 11.3 Å². The van der Waals surface area contributed by atoms with Gasteiger partial charge in [-0.1, -0.05) is 31.2 Å². The lowest BCUT2D eigenvalue weighted by atomic mass is 10.0. The maximum absolute atomic E-state index is 5.73. The number of hydrogen-bond acceptors (Lipinski definition) is 3. The molecule has 0 bridgehead atoms. The lowest BCUT2D eigenvalue weighted by molar-refractivity contribution is 0.968. The molecule has 17 heavy (non-hydrogen) atoms. The van der Waals surface area contributed by atoms with Gasteiger partial charge in [0.2, 0.25) is 0 Å². The van der Waals surface area contributed by atoms with Gasteiger partial charge in [0.05, 0.1) is 5.69 Å². The molecular formula is C13H18N4. The second-order valence-corrected chi connectivity index (χ2v) is 4.00. The number of hydrogen-bond donors (Lipinski definition) is 3. The lowest BCUT2D eigenvalue weighted by Crippen LogP contribution is -2.04. The van der Waals surface area contributed by atoms with Crippen LogP contribution in [0.5, 0.6) is 0 Å². The molecule has 0 fully saturated rings. The van der Waals surface area contributed by atoms with E-state index in [-0.39, 0.29) is 0 Å². The average molecular weight is 230 g/mol. The Morgan fingerprint density at radius 2 is 2.06 bits per heavy atom. The minimum absolute atomic E-state index is 0.472. The fourth-order valence-corrected chi connectivity index (χ4v) is 2.03. The monoisotopic (exact) mass is 230 g/mol. The summed E-state index contributed by atoms with van der Waals surface area (Å²) in [5.41, 5.74) is 15.7. The second-order valence-electron chi connectivity index (χ2n) is 4.00. The van der Waals surface area contributed by atoms with Gasteiger partial charge in [-0.3, -0.25) is 0 Å². The fraction of sp³-hybridized carbons (Fsp3) is 0.308. The zero-order valence-corrected chi connectivity index (χ0v) is 10.0. The van der Waals surface area contributed by atoms with E-state index in [1.165, 1.54) is 5.56 Å². The first kappa shape index (κ1) is 11.7. The quantitative estimate of drug-likeness (QED) is 0.748. The van der Waals surface area contributed by atoms with Crippen molar-refractivity contribution in [2.75, 3.05) is 12.3 Å². The number of H-pyrrole nitrogens is 1. The van der Waals surface area contributed by atoms with Gasteiger partial charge in [-0.2, -0.15) is 0 Å². The van der Waals surface area contributed by atoms with Gasteiger partial charge in [0.15, 0.2) is 5.95 Å². The number of aromatic amines is 1. The van der Waals surface area contributed by atoms with Crippen LogP contribution in [0, 0.1) is 0 Å². The third kappa shape index (κ3) is 2.31. The Hall–Kier alpha value is -1.81. The third-order valence-corrected chi connectivity index (χ3v) is 2.84. The van der Waals surface area contributed by atoms with E-state index in [0.717, 1.165) is 29.8 Å². The van der Waals surface area contributed by atoms with Crippen molar-refractivity contribution >= 4 is 5.95 Å². The number of benzene rings is 1. The van der Waals surface area contributed by atoms with Crippen molar-refractivity contribution in [2.45, 2.75) is 19.8 Å². The number of nitrogen functional groups attached to an aromatic ring is 1. The number of nitrogens with zero attached hydrogens (tertiary/aromatic N) is 1. The molecule has 0 amide bonds. The van der Waals surface area contributed by atoms with Crippen LogP contribution >= 0.6 is 0 Å². The summed E-state index contributed by atoms with van der Waals surface area (Å²) >= 11 is 0. The van der Waals surface area contributed by atoms with Crippen molar-refractivity contribution in [2.24, 2.45) is 5.73 Å². The molecule has 1 aromatic heterocycles. The minimum Gasteiger partial charge on any atom is -0.369 e. The number of nitrogens with two attached hydrogens (primary N) is 2. The van der Waals surface area contributed by atoms with Gasteiger partial charge in [-0.05, 0) is 24.9 Å². The van der Waals surface area contributed by atoms with Crippen molar-refractivity contribution in [3.63, 3.8) is 0 Å². The van der Waals surface area contributed by atoms with Crippen LogP contribution in [0.15, 0.2) is 24.3 Å². The minimum atomic E-state index is 0.472. The fourth-order valence-electron chi connectivity index (χ4n) is 2.03. The van der Waals surface area contributed by atoms with Gasteiger partial charge in [0.25, 0.3) is 0 Å². The molecule has 0 aliphatic carbocycles. The topological polar surface area (TPSA) is 80.7 Å². The first-order valence-corrected chi connectivity index (χ1v) is 5.89. The van der Waals surface area contributed by atoms with Crippen LogP contribution in [0.3, 0.4) is 0 Å². The standard InChI is InChI=1S/C13H18N4/c1-2-11-12(17-13(15)16-11)10-6-4-3-5-9(10)7-8-14/h3-6H,2,7-8,14H2,1H3,(H3,15,16,17). The van der Waals surface area contributed by atoms with Crippen LogP contribution in [-0.2, 0) is 12.8 Å². The summed E-state index contributed by atoms with van der Waals surface area (Å²) in [6, 6.07) is 8.20. The number of rotatable bonds is 4. The largest absolute Gasteiger partial charge is 0.369 e. The molecule has 4 heteroatoms. The van der Waals surface area contributed by atoms with E-state index in [9.17, 15) is 0 Å². The summed E-state index contributed by atoms with van der Waals surface area (Å²) in [7, 11) is 0. The highest BCUT2D eigenvalue weighted by Gasteiger charge is 2.12. The normalized spacial score (nSPS) is 10.7. The summed E-state index contributed by atoms with van der Waals surface area (Å²) in [5.74, 6) is 0.472. The van der Waals surface area contributed by atoms with E-state index in [1.807, 2.05) is 12.1 Å². The Labute approximate surface area is 101 Å². The molecule has 2 rings (SSSR count). The van der Waals surface area contributed by atoms with Crippen molar-refractivity contribution < 1.29 is 0 Å². The third-order valence-electron chi connectivity index (χ3n) is 2.84. The highest BCUT2D eigenvalue weighted by atomic mass is 15.0. The van der Waals surface area contributed by atoms with Crippen LogP contribution in [0.4, 0.5) is 5.95 Å². The average Bonchev–Trinajstić information content (AvgIpc) is 2.71. The Morgan fingerprint density at radius 1 is 1.29 bits per heavy atom. The summed E-state index contributed by atoms with van der Waals surface area (Å²) in [5, 5.41) is 0. The molecule has 0 saturated heterocycles. The van der Waals surface area contributed by atoms with Gasteiger partial charge >= 0.3 is 0 Å². The van der Waals surface area contributed by atoms with Gasteiger partial charge in [-0.15, -0.1) is 0 Å². The number of aromatic nitrogens is 2. The highest BCUT2D eigenvalue weighted by Crippen LogP contribution is 2.26. The molecule has 0 spiro atoms. The Bertz CT molecular complexity index is 502. The van der Waals surface area contributed by atoms with Crippen molar-refractivity contribution in [3.8, 4) is 11.3 Å². The van der Waals surface area contributed by atoms with Crippen molar-refractivity contribution in [3.05, 3.63) is 35.5 Å². The molecule has 0 saturated carbocycles. The predicted molar refractivity (Wildman–Crippen MR) is 70.6 cm³/mol. The van der Waals surface area contributed by atoms with Crippen LogP contribution < -0.4 is 11.5 Å². The molecule has 0 aliphatic heterocycles. The molecule has 0 atom stereocenters. The maximum atomic E-state index is 5.73. The van der Waals surface area contributed by atoms with E-state index in [4.69, 9.17) is 11.5 Å². The molecule has 5 N–H and O–H groups in total. The van der Waals surface area contributed by atoms with E-state index in [1.54, 1.807) is 0 Å². The van der Waals surface area contributed by atoms with E-state index in [0.29, 0.717) is 12.5 Å².